The van der Waals surface area contributed by atoms with Gasteiger partial charge in [0.05, 0.1) is 0 Å². The van der Waals surface area contributed by atoms with Crippen molar-refractivity contribution in [2.45, 2.75) is 52.5 Å². The van der Waals surface area contributed by atoms with Crippen LogP contribution in [-0.2, 0) is 11.8 Å². The van der Waals surface area contributed by atoms with E-state index in [1.54, 1.807) is 0 Å². The molecule has 2 aromatic rings. The summed E-state index contributed by atoms with van der Waals surface area (Å²) >= 11 is 0. The van der Waals surface area contributed by atoms with Crippen LogP contribution in [0.5, 0.6) is 0 Å². The lowest BCUT2D eigenvalue weighted by atomic mass is 9.86. The molecule has 2 rings (SSSR count). The SMILES string of the molecule is CC(C)NCCc1c[nH]c2ccc(C(C)(C)C)cc12. The topological polar surface area (TPSA) is 27.8 Å². The van der Waals surface area contributed by atoms with Gasteiger partial charge in [0.25, 0.3) is 0 Å². The van der Waals surface area contributed by atoms with Gasteiger partial charge in [0.1, 0.15) is 0 Å². The van der Waals surface area contributed by atoms with Gasteiger partial charge in [0, 0.05) is 23.1 Å². The van der Waals surface area contributed by atoms with E-state index in [-0.39, 0.29) is 5.41 Å². The van der Waals surface area contributed by atoms with Gasteiger partial charge in [-0.05, 0) is 41.6 Å². The van der Waals surface area contributed by atoms with E-state index < -0.39 is 0 Å². The lowest BCUT2D eigenvalue weighted by Crippen LogP contribution is -2.24. The highest BCUT2D eigenvalue weighted by molar-refractivity contribution is 5.84. The standard InChI is InChI=1S/C17H26N2/c1-12(2)18-9-8-13-11-19-16-7-6-14(10-15(13)16)17(3,4)5/h6-7,10-12,18-19H,8-9H2,1-5H3. The molecule has 2 nitrogen and oxygen atoms in total. The van der Waals surface area contributed by atoms with Crippen LogP contribution >= 0.6 is 0 Å². The third-order valence-electron chi connectivity index (χ3n) is 3.58. The fourth-order valence-electron chi connectivity index (χ4n) is 2.35. The van der Waals surface area contributed by atoms with Crippen LogP contribution < -0.4 is 5.32 Å². The Morgan fingerprint density at radius 1 is 1.21 bits per heavy atom. The molecule has 1 heterocycles. The van der Waals surface area contributed by atoms with Gasteiger partial charge in [-0.2, -0.15) is 0 Å². The molecule has 0 atom stereocenters. The molecule has 0 unspecified atom stereocenters. The van der Waals surface area contributed by atoms with Gasteiger partial charge < -0.3 is 10.3 Å². The third-order valence-corrected chi connectivity index (χ3v) is 3.58. The summed E-state index contributed by atoms with van der Waals surface area (Å²) < 4.78 is 0. The number of fused-ring (bicyclic) bond motifs is 1. The number of nitrogens with one attached hydrogen (secondary N) is 2. The van der Waals surface area contributed by atoms with Crippen molar-refractivity contribution in [2.24, 2.45) is 0 Å². The molecule has 0 bridgehead atoms. The average molecular weight is 258 g/mol. The van der Waals surface area contributed by atoms with Gasteiger partial charge in [-0.25, -0.2) is 0 Å². The molecule has 1 aromatic carbocycles. The van der Waals surface area contributed by atoms with Crippen molar-refractivity contribution in [1.82, 2.24) is 10.3 Å². The Morgan fingerprint density at radius 2 is 1.95 bits per heavy atom. The van der Waals surface area contributed by atoms with Crippen LogP contribution in [0.3, 0.4) is 0 Å². The molecule has 0 aliphatic heterocycles. The largest absolute Gasteiger partial charge is 0.361 e. The van der Waals surface area contributed by atoms with Crippen molar-refractivity contribution >= 4 is 10.9 Å². The van der Waals surface area contributed by atoms with Gasteiger partial charge in [0.15, 0.2) is 0 Å². The summed E-state index contributed by atoms with van der Waals surface area (Å²) in [5.74, 6) is 0. The van der Waals surface area contributed by atoms with Gasteiger partial charge >= 0.3 is 0 Å². The number of benzene rings is 1. The zero-order chi connectivity index (χ0) is 14.0. The molecule has 0 saturated heterocycles. The Bertz CT molecular complexity index is 544. The van der Waals surface area contributed by atoms with Crippen LogP contribution in [0, 0.1) is 0 Å². The first-order valence-corrected chi connectivity index (χ1v) is 7.22. The molecule has 0 radical (unpaired) electrons. The maximum absolute atomic E-state index is 3.48. The second kappa shape index (κ2) is 5.38. The highest BCUT2D eigenvalue weighted by atomic mass is 14.9. The molecule has 2 N–H and O–H groups in total. The number of rotatable bonds is 4. The van der Waals surface area contributed by atoms with Crippen molar-refractivity contribution in [3.8, 4) is 0 Å². The number of hydrogen-bond donors (Lipinski definition) is 2. The molecular weight excluding hydrogens is 232 g/mol. The molecule has 19 heavy (non-hydrogen) atoms. The molecule has 0 amide bonds. The molecule has 1 aromatic heterocycles. The molecular formula is C17H26N2. The Morgan fingerprint density at radius 3 is 2.58 bits per heavy atom. The number of aromatic nitrogens is 1. The summed E-state index contributed by atoms with van der Waals surface area (Å²) in [7, 11) is 0. The van der Waals surface area contributed by atoms with E-state index in [4.69, 9.17) is 0 Å². The van der Waals surface area contributed by atoms with Crippen molar-refractivity contribution in [2.75, 3.05) is 6.54 Å². The quantitative estimate of drug-likeness (QED) is 0.852. The van der Waals surface area contributed by atoms with Crippen molar-refractivity contribution < 1.29 is 0 Å². The van der Waals surface area contributed by atoms with Crippen molar-refractivity contribution in [3.63, 3.8) is 0 Å². The minimum Gasteiger partial charge on any atom is -0.361 e. The Balaban J connectivity index is 2.25. The van der Waals surface area contributed by atoms with E-state index in [0.717, 1.165) is 13.0 Å². The summed E-state index contributed by atoms with van der Waals surface area (Å²) in [6.45, 7) is 12.2. The van der Waals surface area contributed by atoms with Gasteiger partial charge in [-0.15, -0.1) is 0 Å². The van der Waals surface area contributed by atoms with E-state index >= 15 is 0 Å². The monoisotopic (exact) mass is 258 g/mol. The molecule has 0 spiro atoms. The second-order valence-electron chi connectivity index (χ2n) is 6.68. The fraction of sp³-hybridized carbons (Fsp3) is 0.529. The molecule has 0 aliphatic rings. The molecule has 0 aliphatic carbocycles. The van der Waals surface area contributed by atoms with E-state index in [0.29, 0.717) is 6.04 Å². The van der Waals surface area contributed by atoms with E-state index in [2.05, 4.69) is 69.3 Å². The lowest BCUT2D eigenvalue weighted by Gasteiger charge is -2.19. The first-order chi connectivity index (χ1) is 8.88. The van der Waals surface area contributed by atoms with Crippen LogP contribution in [0.4, 0.5) is 0 Å². The highest BCUT2D eigenvalue weighted by Crippen LogP contribution is 2.27. The summed E-state index contributed by atoms with van der Waals surface area (Å²) in [4.78, 5) is 3.38. The van der Waals surface area contributed by atoms with Crippen molar-refractivity contribution in [3.05, 3.63) is 35.5 Å². The fourth-order valence-corrected chi connectivity index (χ4v) is 2.35. The number of aromatic amines is 1. The van der Waals surface area contributed by atoms with Crippen molar-refractivity contribution in [1.29, 1.82) is 0 Å². The van der Waals surface area contributed by atoms with E-state index in [1.165, 1.54) is 22.0 Å². The Kier molecular flexibility index (Phi) is 4.00. The minimum atomic E-state index is 0.207. The molecule has 104 valence electrons. The summed E-state index contributed by atoms with van der Waals surface area (Å²) in [5, 5.41) is 4.85. The van der Waals surface area contributed by atoms with Crippen LogP contribution in [0.25, 0.3) is 10.9 Å². The lowest BCUT2D eigenvalue weighted by molar-refractivity contribution is 0.589. The highest BCUT2D eigenvalue weighted by Gasteiger charge is 2.15. The van der Waals surface area contributed by atoms with Gasteiger partial charge in [-0.1, -0.05) is 40.7 Å². The zero-order valence-corrected chi connectivity index (χ0v) is 12.8. The van der Waals surface area contributed by atoms with E-state index in [9.17, 15) is 0 Å². The van der Waals surface area contributed by atoms with Crippen LogP contribution in [0.2, 0.25) is 0 Å². The normalized spacial score (nSPS) is 12.5. The molecule has 0 saturated carbocycles. The predicted molar refractivity (Wildman–Crippen MR) is 83.8 cm³/mol. The van der Waals surface area contributed by atoms with E-state index in [1.807, 2.05) is 0 Å². The average Bonchev–Trinajstić information content (AvgIpc) is 2.70. The number of H-pyrrole nitrogens is 1. The summed E-state index contributed by atoms with van der Waals surface area (Å²) in [6, 6.07) is 7.33. The van der Waals surface area contributed by atoms with Gasteiger partial charge in [-0.3, -0.25) is 0 Å². The number of hydrogen-bond acceptors (Lipinski definition) is 1. The first-order valence-electron chi connectivity index (χ1n) is 7.22. The Hall–Kier alpha value is -1.28. The summed E-state index contributed by atoms with van der Waals surface area (Å²) in [5.41, 5.74) is 4.26. The molecule has 0 fully saturated rings. The predicted octanol–water partition coefficient (Wildman–Crippen LogP) is 4.01. The molecule has 2 heteroatoms. The second-order valence-corrected chi connectivity index (χ2v) is 6.68. The smallest absolute Gasteiger partial charge is 0.0457 e. The van der Waals surface area contributed by atoms with Gasteiger partial charge in [0.2, 0.25) is 0 Å². The maximum atomic E-state index is 3.48. The summed E-state index contributed by atoms with van der Waals surface area (Å²) in [6.07, 6.45) is 3.23. The Labute approximate surface area is 116 Å². The third kappa shape index (κ3) is 3.38. The maximum Gasteiger partial charge on any atom is 0.0457 e. The van der Waals surface area contributed by atoms with Crippen LogP contribution in [0.1, 0.15) is 45.7 Å². The van der Waals surface area contributed by atoms with Crippen LogP contribution in [-0.4, -0.2) is 17.6 Å². The minimum absolute atomic E-state index is 0.207. The van der Waals surface area contributed by atoms with Crippen LogP contribution in [0.15, 0.2) is 24.4 Å². The zero-order valence-electron chi connectivity index (χ0n) is 12.8. The first kappa shape index (κ1) is 14.1.